The molecule has 0 spiro atoms. The molecule has 15 heavy (non-hydrogen) atoms. The summed E-state index contributed by atoms with van der Waals surface area (Å²) in [4.78, 5) is 11.7. The lowest BCUT2D eigenvalue weighted by atomic mass is 9.97. The van der Waals surface area contributed by atoms with E-state index in [2.05, 4.69) is 0 Å². The molecule has 0 N–H and O–H groups in total. The molecule has 1 saturated heterocycles. The lowest BCUT2D eigenvalue weighted by Gasteiger charge is -2.27. The molecule has 1 aliphatic heterocycles. The van der Waals surface area contributed by atoms with Crippen LogP contribution in [-0.4, -0.2) is 24.8 Å². The molecule has 88 valence electrons. The molecule has 3 atom stereocenters. The highest BCUT2D eigenvalue weighted by Crippen LogP contribution is 2.21. The molecule has 3 unspecified atom stereocenters. The topological polar surface area (TPSA) is 35.5 Å². The summed E-state index contributed by atoms with van der Waals surface area (Å²) in [6, 6.07) is 0. The Hall–Kier alpha value is -0.570. The monoisotopic (exact) mass is 214 g/mol. The first-order valence-electron chi connectivity index (χ1n) is 5.97. The highest BCUT2D eigenvalue weighted by atomic mass is 16.5. The molecular formula is C12H22O3. The molecule has 1 rings (SSSR count). The highest BCUT2D eigenvalue weighted by Gasteiger charge is 2.28. The van der Waals surface area contributed by atoms with Crippen LogP contribution in [0, 0.1) is 5.92 Å². The molecule has 1 aliphatic rings. The summed E-state index contributed by atoms with van der Waals surface area (Å²) in [5, 5.41) is 0. The zero-order valence-electron chi connectivity index (χ0n) is 9.99. The average Bonchev–Trinajstić information content (AvgIpc) is 2.29. The van der Waals surface area contributed by atoms with Crippen molar-refractivity contribution in [2.75, 3.05) is 6.61 Å². The third-order valence-electron chi connectivity index (χ3n) is 3.04. The molecule has 0 aliphatic carbocycles. The van der Waals surface area contributed by atoms with Crippen molar-refractivity contribution in [1.82, 2.24) is 0 Å². The van der Waals surface area contributed by atoms with Gasteiger partial charge < -0.3 is 9.47 Å². The Morgan fingerprint density at radius 2 is 2.20 bits per heavy atom. The number of hydrogen-bond donors (Lipinski definition) is 0. The second-order valence-electron chi connectivity index (χ2n) is 4.35. The molecule has 0 bridgehead atoms. The van der Waals surface area contributed by atoms with E-state index in [4.69, 9.17) is 9.47 Å². The van der Waals surface area contributed by atoms with Crippen LogP contribution in [0.15, 0.2) is 0 Å². The first-order chi connectivity index (χ1) is 7.15. The van der Waals surface area contributed by atoms with E-state index in [9.17, 15) is 4.79 Å². The van der Waals surface area contributed by atoms with E-state index in [1.54, 1.807) is 0 Å². The Balaban J connectivity index is 2.37. The van der Waals surface area contributed by atoms with Gasteiger partial charge in [-0.15, -0.1) is 0 Å². The first kappa shape index (κ1) is 12.5. The quantitative estimate of drug-likeness (QED) is 0.675. The Labute approximate surface area is 92.1 Å². The predicted molar refractivity (Wildman–Crippen MR) is 58.6 cm³/mol. The molecule has 1 heterocycles. The van der Waals surface area contributed by atoms with E-state index in [0.717, 1.165) is 32.3 Å². The summed E-state index contributed by atoms with van der Waals surface area (Å²) in [7, 11) is 0. The van der Waals surface area contributed by atoms with Crippen LogP contribution in [0.3, 0.4) is 0 Å². The molecule has 0 aromatic carbocycles. The maximum absolute atomic E-state index is 11.7. The van der Waals surface area contributed by atoms with Crippen molar-refractivity contribution in [2.45, 2.75) is 58.7 Å². The average molecular weight is 214 g/mol. The smallest absolute Gasteiger partial charge is 0.311 e. The van der Waals surface area contributed by atoms with Crippen LogP contribution in [0.1, 0.15) is 46.5 Å². The van der Waals surface area contributed by atoms with Gasteiger partial charge in [0, 0.05) is 6.61 Å². The Morgan fingerprint density at radius 1 is 1.47 bits per heavy atom. The van der Waals surface area contributed by atoms with Crippen LogP contribution in [0.5, 0.6) is 0 Å². The fourth-order valence-electron chi connectivity index (χ4n) is 1.70. The van der Waals surface area contributed by atoms with Gasteiger partial charge >= 0.3 is 5.97 Å². The van der Waals surface area contributed by atoms with Gasteiger partial charge in [-0.1, -0.05) is 6.92 Å². The van der Waals surface area contributed by atoms with Crippen LogP contribution in [0.4, 0.5) is 0 Å². The van der Waals surface area contributed by atoms with E-state index < -0.39 is 0 Å². The highest BCUT2D eigenvalue weighted by molar-refractivity contribution is 5.72. The molecule has 0 radical (unpaired) electrons. The van der Waals surface area contributed by atoms with E-state index in [-0.39, 0.29) is 24.1 Å². The van der Waals surface area contributed by atoms with E-state index in [1.165, 1.54) is 0 Å². The number of carbonyl (C=O) groups is 1. The summed E-state index contributed by atoms with van der Waals surface area (Å²) >= 11 is 0. The Kier molecular flexibility index (Phi) is 5.09. The largest absolute Gasteiger partial charge is 0.462 e. The van der Waals surface area contributed by atoms with Crippen molar-refractivity contribution in [2.24, 2.45) is 5.92 Å². The summed E-state index contributed by atoms with van der Waals surface area (Å²) in [5.41, 5.74) is 0. The predicted octanol–water partition coefficient (Wildman–Crippen LogP) is 2.53. The molecule has 0 aromatic heterocycles. The standard InChI is InChI=1S/C12H22O3/c1-4-9(2)15-12(13)10(3)11-7-5-6-8-14-11/h9-11H,4-8H2,1-3H3. The number of ether oxygens (including phenoxy) is 2. The summed E-state index contributed by atoms with van der Waals surface area (Å²) < 4.78 is 10.9. The Bertz CT molecular complexity index is 197. The zero-order valence-corrected chi connectivity index (χ0v) is 9.99. The van der Waals surface area contributed by atoms with Crippen LogP contribution in [0.2, 0.25) is 0 Å². The third-order valence-corrected chi connectivity index (χ3v) is 3.04. The van der Waals surface area contributed by atoms with Gasteiger partial charge in [-0.25, -0.2) is 0 Å². The molecule has 0 saturated carbocycles. The zero-order chi connectivity index (χ0) is 11.3. The fourth-order valence-corrected chi connectivity index (χ4v) is 1.70. The van der Waals surface area contributed by atoms with Gasteiger partial charge in [0.05, 0.1) is 18.1 Å². The molecule has 3 nitrogen and oxygen atoms in total. The second kappa shape index (κ2) is 6.11. The van der Waals surface area contributed by atoms with Crippen molar-refractivity contribution < 1.29 is 14.3 Å². The number of hydrogen-bond acceptors (Lipinski definition) is 3. The maximum atomic E-state index is 11.7. The number of carbonyl (C=O) groups excluding carboxylic acids is 1. The minimum atomic E-state index is -0.126. The van der Waals surface area contributed by atoms with Gasteiger partial charge in [0.1, 0.15) is 0 Å². The Morgan fingerprint density at radius 3 is 2.73 bits per heavy atom. The van der Waals surface area contributed by atoms with Crippen LogP contribution in [-0.2, 0) is 14.3 Å². The fraction of sp³-hybridized carbons (Fsp3) is 0.917. The molecule has 0 aromatic rings. The van der Waals surface area contributed by atoms with Crippen molar-refractivity contribution in [3.8, 4) is 0 Å². The third kappa shape index (κ3) is 3.82. The maximum Gasteiger partial charge on any atom is 0.311 e. The van der Waals surface area contributed by atoms with Gasteiger partial charge in [-0.3, -0.25) is 4.79 Å². The van der Waals surface area contributed by atoms with Crippen molar-refractivity contribution in [3.05, 3.63) is 0 Å². The van der Waals surface area contributed by atoms with Crippen molar-refractivity contribution >= 4 is 5.97 Å². The summed E-state index contributed by atoms with van der Waals surface area (Å²) in [5.74, 6) is -0.240. The lowest BCUT2D eigenvalue weighted by molar-refractivity contribution is -0.159. The normalized spacial score (nSPS) is 25.7. The van der Waals surface area contributed by atoms with E-state index >= 15 is 0 Å². The van der Waals surface area contributed by atoms with Gasteiger partial charge in [-0.05, 0) is 39.5 Å². The van der Waals surface area contributed by atoms with Crippen LogP contribution in [0.25, 0.3) is 0 Å². The van der Waals surface area contributed by atoms with Gasteiger partial charge in [0.25, 0.3) is 0 Å². The SMILES string of the molecule is CCC(C)OC(=O)C(C)C1CCCCO1. The minimum Gasteiger partial charge on any atom is -0.462 e. The van der Waals surface area contributed by atoms with Crippen molar-refractivity contribution in [3.63, 3.8) is 0 Å². The summed E-state index contributed by atoms with van der Waals surface area (Å²) in [6.45, 7) is 6.62. The van der Waals surface area contributed by atoms with Crippen LogP contribution < -0.4 is 0 Å². The number of rotatable bonds is 4. The van der Waals surface area contributed by atoms with E-state index in [0.29, 0.717) is 0 Å². The van der Waals surface area contributed by atoms with Gasteiger partial charge in [0.15, 0.2) is 0 Å². The number of esters is 1. The molecule has 1 fully saturated rings. The molecule has 3 heteroatoms. The lowest BCUT2D eigenvalue weighted by Crippen LogP contribution is -2.33. The first-order valence-corrected chi connectivity index (χ1v) is 5.97. The van der Waals surface area contributed by atoms with Crippen LogP contribution >= 0.6 is 0 Å². The van der Waals surface area contributed by atoms with Gasteiger partial charge in [0.2, 0.25) is 0 Å². The van der Waals surface area contributed by atoms with E-state index in [1.807, 2.05) is 20.8 Å². The minimum absolute atomic E-state index is 0.0172. The van der Waals surface area contributed by atoms with Crippen molar-refractivity contribution in [1.29, 1.82) is 0 Å². The summed E-state index contributed by atoms with van der Waals surface area (Å²) in [6.07, 6.45) is 4.20. The molecular weight excluding hydrogens is 192 g/mol. The van der Waals surface area contributed by atoms with Gasteiger partial charge in [-0.2, -0.15) is 0 Å². The second-order valence-corrected chi connectivity index (χ2v) is 4.35. The molecule has 0 amide bonds.